The number of nitrogens with zero attached hydrogens (tertiary/aromatic N) is 2. The number of rotatable bonds is 3. The number of piperidine rings is 1. The van der Waals surface area contributed by atoms with Gasteiger partial charge in [-0.1, -0.05) is 41.0 Å². The average Bonchev–Trinajstić information content (AvgIpc) is 3.11. The predicted molar refractivity (Wildman–Crippen MR) is 107 cm³/mol. The van der Waals surface area contributed by atoms with Gasteiger partial charge in [-0.15, -0.1) is 0 Å². The molecule has 1 saturated heterocycles. The fraction of sp³-hybridized carbons (Fsp3) is 0.364. The van der Waals surface area contributed by atoms with Gasteiger partial charge in [-0.2, -0.15) is 13.2 Å². The van der Waals surface area contributed by atoms with Crippen molar-refractivity contribution < 1.29 is 22.8 Å². The first-order valence-electron chi connectivity index (χ1n) is 9.69. The van der Waals surface area contributed by atoms with Gasteiger partial charge in [-0.3, -0.25) is 4.79 Å². The van der Waals surface area contributed by atoms with Gasteiger partial charge in [0.1, 0.15) is 5.60 Å². The van der Waals surface area contributed by atoms with Crippen molar-refractivity contribution in [3.63, 3.8) is 0 Å². The molecular formula is C22H20ClF3N2O2. The topological polar surface area (TPSA) is 41.9 Å². The lowest BCUT2D eigenvalue weighted by Crippen LogP contribution is -2.47. The van der Waals surface area contributed by atoms with E-state index >= 15 is 0 Å². The van der Waals surface area contributed by atoms with Crippen LogP contribution in [-0.2, 0) is 22.2 Å². The van der Waals surface area contributed by atoms with Crippen molar-refractivity contribution >= 4 is 23.2 Å². The van der Waals surface area contributed by atoms with Gasteiger partial charge < -0.3 is 9.74 Å². The summed E-state index contributed by atoms with van der Waals surface area (Å²) in [5.41, 5.74) is 0.530. The standard InChI is InChI=1S/C22H20ClF3N2O2/c23-18-6-1-3-15(11-18)12-20(29)28-9-7-21(8-10-28)14-19(27-30-21)16-4-2-5-17(13-16)22(24,25)26/h1-6,11,13H,7-10,12,14H2. The Morgan fingerprint density at radius 1 is 1.13 bits per heavy atom. The maximum atomic E-state index is 13.0. The molecule has 0 aliphatic carbocycles. The summed E-state index contributed by atoms with van der Waals surface area (Å²) in [4.78, 5) is 20.1. The minimum absolute atomic E-state index is 0.0177. The van der Waals surface area contributed by atoms with Gasteiger partial charge in [-0.05, 0) is 29.8 Å². The van der Waals surface area contributed by atoms with Gasteiger partial charge >= 0.3 is 6.18 Å². The second-order valence-electron chi connectivity index (χ2n) is 7.76. The smallest absolute Gasteiger partial charge is 0.388 e. The highest BCUT2D eigenvalue weighted by molar-refractivity contribution is 6.30. The van der Waals surface area contributed by atoms with Crippen molar-refractivity contribution in [1.82, 2.24) is 4.90 Å². The molecule has 0 radical (unpaired) electrons. The number of hydrogen-bond acceptors (Lipinski definition) is 3. The Kier molecular flexibility index (Phi) is 5.49. The molecule has 4 nitrogen and oxygen atoms in total. The van der Waals surface area contributed by atoms with Crippen LogP contribution in [-0.4, -0.2) is 35.2 Å². The van der Waals surface area contributed by atoms with Crippen molar-refractivity contribution in [2.75, 3.05) is 13.1 Å². The molecule has 1 amide bonds. The molecular weight excluding hydrogens is 417 g/mol. The van der Waals surface area contributed by atoms with Gasteiger partial charge in [0.2, 0.25) is 5.91 Å². The SMILES string of the molecule is O=C(Cc1cccc(Cl)c1)N1CCC2(CC1)CC(c1cccc(C(F)(F)F)c1)=NO2. The van der Waals surface area contributed by atoms with Gasteiger partial charge in [0.25, 0.3) is 0 Å². The maximum Gasteiger partial charge on any atom is 0.416 e. The Morgan fingerprint density at radius 2 is 1.87 bits per heavy atom. The summed E-state index contributed by atoms with van der Waals surface area (Å²) in [6.07, 6.45) is -2.52. The average molecular weight is 437 g/mol. The van der Waals surface area contributed by atoms with Crippen LogP contribution in [0, 0.1) is 0 Å². The Hall–Kier alpha value is -2.54. The maximum absolute atomic E-state index is 13.0. The van der Waals surface area contributed by atoms with E-state index in [1.807, 2.05) is 12.1 Å². The molecule has 30 heavy (non-hydrogen) atoms. The van der Waals surface area contributed by atoms with E-state index in [1.54, 1.807) is 23.1 Å². The number of likely N-dealkylation sites (tertiary alicyclic amines) is 1. The molecule has 2 aliphatic rings. The van der Waals surface area contributed by atoms with Crippen molar-refractivity contribution in [2.45, 2.75) is 37.5 Å². The molecule has 4 rings (SSSR count). The lowest BCUT2D eigenvalue weighted by molar-refractivity contribution is -0.138. The van der Waals surface area contributed by atoms with Gasteiger partial charge in [0.05, 0.1) is 17.7 Å². The van der Waals surface area contributed by atoms with Gasteiger partial charge in [-0.25, -0.2) is 0 Å². The molecule has 0 unspecified atom stereocenters. The van der Waals surface area contributed by atoms with Crippen LogP contribution in [0.5, 0.6) is 0 Å². The number of halogens is 4. The molecule has 2 aromatic carbocycles. The summed E-state index contributed by atoms with van der Waals surface area (Å²) in [5, 5.41) is 4.68. The summed E-state index contributed by atoms with van der Waals surface area (Å²) < 4.78 is 39.0. The van der Waals surface area contributed by atoms with E-state index in [9.17, 15) is 18.0 Å². The van der Waals surface area contributed by atoms with Crippen LogP contribution in [0.1, 0.15) is 36.0 Å². The van der Waals surface area contributed by atoms with E-state index in [0.29, 0.717) is 48.6 Å². The molecule has 0 N–H and O–H groups in total. The van der Waals surface area contributed by atoms with E-state index in [2.05, 4.69) is 5.16 Å². The zero-order valence-electron chi connectivity index (χ0n) is 16.1. The molecule has 2 aliphatic heterocycles. The number of carbonyl (C=O) groups is 1. The minimum Gasteiger partial charge on any atom is -0.388 e. The predicted octanol–water partition coefficient (Wildman–Crippen LogP) is 5.09. The van der Waals surface area contributed by atoms with Crippen LogP contribution >= 0.6 is 11.6 Å². The third kappa shape index (κ3) is 4.46. The number of benzene rings is 2. The first-order chi connectivity index (χ1) is 14.2. The molecule has 0 atom stereocenters. The summed E-state index contributed by atoms with van der Waals surface area (Å²) in [6, 6.07) is 12.4. The molecule has 1 fully saturated rings. The summed E-state index contributed by atoms with van der Waals surface area (Å²) >= 11 is 5.98. The molecule has 0 saturated carbocycles. The van der Waals surface area contributed by atoms with Crippen LogP contribution in [0.2, 0.25) is 5.02 Å². The largest absolute Gasteiger partial charge is 0.416 e. The molecule has 0 aromatic heterocycles. The third-order valence-corrected chi connectivity index (χ3v) is 5.87. The molecule has 2 heterocycles. The number of hydrogen-bond donors (Lipinski definition) is 0. The first-order valence-corrected chi connectivity index (χ1v) is 10.1. The lowest BCUT2D eigenvalue weighted by Gasteiger charge is -2.37. The van der Waals surface area contributed by atoms with E-state index in [-0.39, 0.29) is 12.3 Å². The van der Waals surface area contributed by atoms with Gasteiger partial charge in [0, 0.05) is 42.9 Å². The second-order valence-corrected chi connectivity index (χ2v) is 8.19. The van der Waals surface area contributed by atoms with E-state index in [1.165, 1.54) is 6.07 Å². The van der Waals surface area contributed by atoms with Crippen molar-refractivity contribution in [3.05, 3.63) is 70.2 Å². The Balaban J connectivity index is 1.36. The van der Waals surface area contributed by atoms with Crippen molar-refractivity contribution in [1.29, 1.82) is 0 Å². The van der Waals surface area contributed by atoms with Crippen LogP contribution in [0.15, 0.2) is 53.7 Å². The molecule has 158 valence electrons. The quantitative estimate of drug-likeness (QED) is 0.672. The zero-order valence-corrected chi connectivity index (χ0v) is 16.8. The monoisotopic (exact) mass is 436 g/mol. The number of oxime groups is 1. The second kappa shape index (κ2) is 7.95. The molecule has 2 aromatic rings. The van der Waals surface area contributed by atoms with E-state index < -0.39 is 17.3 Å². The number of amides is 1. The van der Waals surface area contributed by atoms with Crippen molar-refractivity contribution in [3.8, 4) is 0 Å². The normalized spacial score (nSPS) is 18.3. The third-order valence-electron chi connectivity index (χ3n) is 5.63. The molecule has 8 heteroatoms. The Morgan fingerprint density at radius 3 is 2.57 bits per heavy atom. The van der Waals surface area contributed by atoms with E-state index in [0.717, 1.165) is 17.7 Å². The van der Waals surface area contributed by atoms with Crippen LogP contribution in [0.4, 0.5) is 13.2 Å². The highest BCUT2D eigenvalue weighted by Gasteiger charge is 2.43. The van der Waals surface area contributed by atoms with E-state index in [4.69, 9.17) is 16.4 Å². The minimum atomic E-state index is -4.40. The highest BCUT2D eigenvalue weighted by atomic mass is 35.5. The number of carbonyl (C=O) groups excluding carboxylic acids is 1. The van der Waals surface area contributed by atoms with Gasteiger partial charge in [0.15, 0.2) is 0 Å². The number of alkyl halides is 3. The summed E-state index contributed by atoms with van der Waals surface area (Å²) in [5.74, 6) is 0.0177. The van der Waals surface area contributed by atoms with Crippen LogP contribution in [0.25, 0.3) is 0 Å². The first kappa shape index (κ1) is 20.7. The van der Waals surface area contributed by atoms with Crippen LogP contribution < -0.4 is 0 Å². The zero-order chi connectivity index (χ0) is 21.4. The molecule has 0 bridgehead atoms. The molecule has 1 spiro atoms. The lowest BCUT2D eigenvalue weighted by atomic mass is 9.85. The Labute approximate surface area is 177 Å². The van der Waals surface area contributed by atoms with Crippen molar-refractivity contribution in [2.24, 2.45) is 5.16 Å². The Bertz CT molecular complexity index is 982. The summed E-state index contributed by atoms with van der Waals surface area (Å²) in [6.45, 7) is 1.04. The fourth-order valence-corrected chi connectivity index (χ4v) is 4.13. The highest BCUT2D eigenvalue weighted by Crippen LogP contribution is 2.37. The summed E-state index contributed by atoms with van der Waals surface area (Å²) in [7, 11) is 0. The van der Waals surface area contributed by atoms with Crippen LogP contribution in [0.3, 0.4) is 0 Å². The fourth-order valence-electron chi connectivity index (χ4n) is 3.92.